The van der Waals surface area contributed by atoms with Gasteiger partial charge in [0.25, 0.3) is 0 Å². The highest BCUT2D eigenvalue weighted by Gasteiger charge is 2.26. The third-order valence-corrected chi connectivity index (χ3v) is 6.50. The van der Waals surface area contributed by atoms with Crippen LogP contribution in [0.4, 0.5) is 5.69 Å². The van der Waals surface area contributed by atoms with Gasteiger partial charge in [-0.15, -0.1) is 0 Å². The molecule has 1 aliphatic heterocycles. The molecule has 2 aromatic rings. The summed E-state index contributed by atoms with van der Waals surface area (Å²) in [6.07, 6.45) is 3.40. The van der Waals surface area contributed by atoms with E-state index in [-0.39, 0.29) is 12.1 Å². The number of sulfonamides is 1. The number of rotatable bonds is 7. The van der Waals surface area contributed by atoms with E-state index in [0.29, 0.717) is 12.2 Å². The first kappa shape index (κ1) is 20.6. The molecule has 2 N–H and O–H groups in total. The molecular weight excluding hydrogens is 374 g/mol. The Kier molecular flexibility index (Phi) is 6.59. The Labute approximate surface area is 168 Å². The first-order valence-corrected chi connectivity index (χ1v) is 11.4. The molecule has 0 bridgehead atoms. The summed E-state index contributed by atoms with van der Waals surface area (Å²) in [5.41, 5.74) is 2.84. The minimum atomic E-state index is -3.31. The van der Waals surface area contributed by atoms with E-state index >= 15 is 0 Å². The summed E-state index contributed by atoms with van der Waals surface area (Å²) in [4.78, 5) is 0. The molecule has 6 nitrogen and oxygen atoms in total. The molecule has 1 fully saturated rings. The lowest BCUT2D eigenvalue weighted by atomic mass is 9.92. The number of methoxy groups -OCH3 is 1. The molecule has 0 unspecified atom stereocenters. The largest absolute Gasteiger partial charge is 0.496 e. The maximum absolute atomic E-state index is 11.9. The first-order valence-electron chi connectivity index (χ1n) is 9.52. The summed E-state index contributed by atoms with van der Waals surface area (Å²) >= 11 is 0. The molecule has 28 heavy (non-hydrogen) atoms. The van der Waals surface area contributed by atoms with Crippen LogP contribution in [0.25, 0.3) is 0 Å². The van der Waals surface area contributed by atoms with Gasteiger partial charge in [0.15, 0.2) is 0 Å². The number of nitrogens with one attached hydrogen (secondary N) is 2. The van der Waals surface area contributed by atoms with Crippen LogP contribution in [0, 0.1) is 0 Å². The van der Waals surface area contributed by atoms with Crippen LogP contribution in [0.1, 0.15) is 30.0 Å². The Morgan fingerprint density at radius 2 is 1.96 bits per heavy atom. The summed E-state index contributed by atoms with van der Waals surface area (Å²) in [5.74, 6) is 0.748. The lowest BCUT2D eigenvalue weighted by Gasteiger charge is -2.34. The van der Waals surface area contributed by atoms with Crippen molar-refractivity contribution < 1.29 is 13.2 Å². The predicted molar refractivity (Wildman–Crippen MR) is 113 cm³/mol. The van der Waals surface area contributed by atoms with Crippen LogP contribution in [0.5, 0.6) is 5.75 Å². The average molecular weight is 404 g/mol. The number of hydrogen-bond acceptors (Lipinski definition) is 5. The van der Waals surface area contributed by atoms with Gasteiger partial charge in [0.1, 0.15) is 5.75 Å². The number of nitrogens with zero attached hydrogens (tertiary/aromatic N) is 1. The maximum Gasteiger partial charge on any atom is 0.231 e. The highest BCUT2D eigenvalue weighted by atomic mass is 32.2. The van der Waals surface area contributed by atoms with Crippen LogP contribution in [0.15, 0.2) is 48.5 Å². The van der Waals surface area contributed by atoms with E-state index in [4.69, 9.17) is 4.74 Å². The van der Waals surface area contributed by atoms with Gasteiger partial charge in [0, 0.05) is 31.2 Å². The van der Waals surface area contributed by atoms with Gasteiger partial charge >= 0.3 is 0 Å². The lowest BCUT2D eigenvalue weighted by Crippen LogP contribution is -2.45. The molecule has 0 spiro atoms. The van der Waals surface area contributed by atoms with E-state index in [1.54, 1.807) is 20.2 Å². The minimum Gasteiger partial charge on any atom is -0.496 e. The highest BCUT2D eigenvalue weighted by molar-refractivity contribution is 7.92. The van der Waals surface area contributed by atoms with Gasteiger partial charge in [-0.3, -0.25) is 4.31 Å². The molecule has 7 heteroatoms. The minimum absolute atomic E-state index is 0.253. The second kappa shape index (κ2) is 8.94. The number of anilines is 1. The lowest BCUT2D eigenvalue weighted by molar-refractivity contribution is 0.303. The zero-order valence-corrected chi connectivity index (χ0v) is 17.5. The average Bonchev–Trinajstić information content (AvgIpc) is 2.71. The first-order chi connectivity index (χ1) is 13.4. The zero-order chi connectivity index (χ0) is 20.1. The fourth-order valence-corrected chi connectivity index (χ4v) is 4.15. The summed E-state index contributed by atoms with van der Waals surface area (Å²) in [7, 11) is -0.117. The molecule has 1 saturated heterocycles. The van der Waals surface area contributed by atoms with Crippen molar-refractivity contribution in [2.24, 2.45) is 0 Å². The number of benzene rings is 2. The molecule has 0 radical (unpaired) electrons. The van der Waals surface area contributed by atoms with E-state index < -0.39 is 10.0 Å². The van der Waals surface area contributed by atoms with E-state index in [1.165, 1.54) is 16.1 Å². The zero-order valence-electron chi connectivity index (χ0n) is 16.7. The van der Waals surface area contributed by atoms with Crippen LogP contribution in [0.3, 0.4) is 0 Å². The summed E-state index contributed by atoms with van der Waals surface area (Å²) in [6, 6.07) is 16.5. The van der Waals surface area contributed by atoms with Gasteiger partial charge in [0.05, 0.1) is 19.1 Å². The predicted octanol–water partition coefficient (Wildman–Crippen LogP) is 2.67. The molecule has 1 heterocycles. The van der Waals surface area contributed by atoms with Gasteiger partial charge in [0.2, 0.25) is 10.0 Å². The molecule has 3 rings (SSSR count). The Hall–Kier alpha value is -2.09. The van der Waals surface area contributed by atoms with E-state index in [0.717, 1.165) is 30.7 Å². The normalized spacial score (nSPS) is 20.0. The molecule has 152 valence electrons. The number of ether oxygens (including phenoxy) is 1. The van der Waals surface area contributed by atoms with Crippen LogP contribution in [0.2, 0.25) is 0 Å². The fourth-order valence-electron chi connectivity index (χ4n) is 3.65. The molecule has 1 aliphatic rings. The van der Waals surface area contributed by atoms with Crippen LogP contribution < -0.4 is 19.7 Å². The van der Waals surface area contributed by atoms with Crippen LogP contribution >= 0.6 is 0 Å². The van der Waals surface area contributed by atoms with Gasteiger partial charge in [-0.25, -0.2) is 8.42 Å². The van der Waals surface area contributed by atoms with Gasteiger partial charge in [-0.05, 0) is 43.1 Å². The summed E-state index contributed by atoms with van der Waals surface area (Å²) in [6.45, 7) is 1.61. The van der Waals surface area contributed by atoms with E-state index in [2.05, 4.69) is 34.9 Å². The van der Waals surface area contributed by atoms with Crippen molar-refractivity contribution in [2.75, 3.05) is 31.3 Å². The standard InChI is InChI=1S/C21H29N3O3S/c1-24(28(3,25)26)18-11-12-20(27-2)17(14-18)15-23-19-10-7-13-22-21(19)16-8-5-4-6-9-16/h4-6,8-9,11-12,14,19,21-23H,7,10,13,15H2,1-3H3/t19-,21-/m0/s1. The van der Waals surface area contributed by atoms with Crippen LogP contribution in [-0.2, 0) is 16.6 Å². The number of piperidine rings is 1. The quantitative estimate of drug-likeness (QED) is 0.744. The fraction of sp³-hybridized carbons (Fsp3) is 0.429. The molecule has 2 aromatic carbocycles. The summed E-state index contributed by atoms with van der Waals surface area (Å²) in [5, 5.41) is 7.27. The van der Waals surface area contributed by atoms with Crippen molar-refractivity contribution in [3.8, 4) is 5.75 Å². The van der Waals surface area contributed by atoms with E-state index in [9.17, 15) is 8.42 Å². The maximum atomic E-state index is 11.9. The van der Waals surface area contributed by atoms with Crippen molar-refractivity contribution >= 4 is 15.7 Å². The second-order valence-electron chi connectivity index (χ2n) is 7.20. The SMILES string of the molecule is COc1ccc(N(C)S(C)(=O)=O)cc1CN[C@H]1CCCN[C@H]1c1ccccc1. The van der Waals surface area contributed by atoms with Crippen molar-refractivity contribution in [3.05, 3.63) is 59.7 Å². The highest BCUT2D eigenvalue weighted by Crippen LogP contribution is 2.28. The van der Waals surface area contributed by atoms with Crippen molar-refractivity contribution in [3.63, 3.8) is 0 Å². The van der Waals surface area contributed by atoms with Crippen molar-refractivity contribution in [2.45, 2.75) is 31.5 Å². The molecule has 0 amide bonds. The third kappa shape index (κ3) is 4.84. The van der Waals surface area contributed by atoms with Gasteiger partial charge in [-0.2, -0.15) is 0 Å². The monoisotopic (exact) mass is 403 g/mol. The smallest absolute Gasteiger partial charge is 0.231 e. The number of hydrogen-bond donors (Lipinski definition) is 2. The molecule has 0 saturated carbocycles. The Bertz CT molecular complexity index is 887. The van der Waals surface area contributed by atoms with Gasteiger partial charge < -0.3 is 15.4 Å². The third-order valence-electron chi connectivity index (χ3n) is 5.30. The topological polar surface area (TPSA) is 70.7 Å². The molecule has 0 aromatic heterocycles. The Morgan fingerprint density at radius 3 is 2.64 bits per heavy atom. The van der Waals surface area contributed by atoms with E-state index in [1.807, 2.05) is 18.2 Å². The molecule has 0 aliphatic carbocycles. The second-order valence-corrected chi connectivity index (χ2v) is 9.21. The van der Waals surface area contributed by atoms with Gasteiger partial charge in [-0.1, -0.05) is 30.3 Å². The molecule has 2 atom stereocenters. The molecular formula is C21H29N3O3S. The van der Waals surface area contributed by atoms with Crippen molar-refractivity contribution in [1.29, 1.82) is 0 Å². The Balaban J connectivity index is 1.78. The van der Waals surface area contributed by atoms with Crippen molar-refractivity contribution in [1.82, 2.24) is 10.6 Å². The summed E-state index contributed by atoms with van der Waals surface area (Å²) < 4.78 is 30.5. The van der Waals surface area contributed by atoms with Crippen LogP contribution in [-0.4, -0.2) is 41.4 Å². The Morgan fingerprint density at radius 1 is 1.21 bits per heavy atom.